The smallest absolute Gasteiger partial charge is 0.122 e. The second kappa shape index (κ2) is 8.13. The van der Waals surface area contributed by atoms with Crippen LogP contribution in [0.1, 0.15) is 18.4 Å². The van der Waals surface area contributed by atoms with Crippen LogP contribution < -0.4 is 10.5 Å². The quantitative estimate of drug-likeness (QED) is 0.685. The van der Waals surface area contributed by atoms with E-state index in [-0.39, 0.29) is 0 Å². The summed E-state index contributed by atoms with van der Waals surface area (Å²) >= 11 is 0. The minimum absolute atomic E-state index is 0.657. The van der Waals surface area contributed by atoms with E-state index in [9.17, 15) is 0 Å². The summed E-state index contributed by atoms with van der Waals surface area (Å²) in [4.78, 5) is 0. The van der Waals surface area contributed by atoms with Crippen LogP contribution in [0.5, 0.6) is 5.75 Å². The summed E-state index contributed by atoms with van der Waals surface area (Å²) in [5.74, 6) is 0.963. The third-order valence-corrected chi connectivity index (χ3v) is 2.39. The monoisotopic (exact) mass is 223 g/mol. The van der Waals surface area contributed by atoms with E-state index in [1.54, 1.807) is 7.11 Å². The van der Waals surface area contributed by atoms with Crippen molar-refractivity contribution in [2.24, 2.45) is 5.73 Å². The first-order valence-corrected chi connectivity index (χ1v) is 5.78. The second-order valence-corrected chi connectivity index (χ2v) is 3.69. The van der Waals surface area contributed by atoms with E-state index in [2.05, 4.69) is 6.07 Å². The molecule has 0 unspecified atom stereocenters. The molecule has 3 heteroatoms. The van der Waals surface area contributed by atoms with Gasteiger partial charge in [-0.25, -0.2) is 0 Å². The number of hydrogen-bond acceptors (Lipinski definition) is 3. The number of rotatable bonds is 8. The number of nitrogens with two attached hydrogens (primary N) is 1. The molecule has 0 fully saturated rings. The van der Waals surface area contributed by atoms with Crippen molar-refractivity contribution < 1.29 is 9.47 Å². The van der Waals surface area contributed by atoms with Crippen LogP contribution in [0.3, 0.4) is 0 Å². The Bertz CT molecular complexity index is 289. The number of unbranched alkanes of at least 4 members (excludes halogenated alkanes) is 1. The van der Waals surface area contributed by atoms with E-state index >= 15 is 0 Å². The minimum Gasteiger partial charge on any atom is -0.493 e. The molecule has 0 aromatic heterocycles. The maximum atomic E-state index is 5.73. The Labute approximate surface area is 97.6 Å². The van der Waals surface area contributed by atoms with Crippen LogP contribution in [0.15, 0.2) is 24.3 Å². The third-order valence-electron chi connectivity index (χ3n) is 2.39. The zero-order valence-electron chi connectivity index (χ0n) is 9.95. The minimum atomic E-state index is 0.657. The third kappa shape index (κ3) is 4.64. The molecule has 0 aliphatic rings. The normalized spacial score (nSPS) is 10.4. The maximum Gasteiger partial charge on any atom is 0.122 e. The summed E-state index contributed by atoms with van der Waals surface area (Å²) < 4.78 is 10.7. The molecule has 1 aromatic rings. The molecule has 0 aliphatic carbocycles. The van der Waals surface area contributed by atoms with Crippen LogP contribution in [-0.2, 0) is 11.2 Å². The van der Waals surface area contributed by atoms with Gasteiger partial charge in [0.2, 0.25) is 0 Å². The molecule has 0 bridgehead atoms. The topological polar surface area (TPSA) is 44.5 Å². The lowest BCUT2D eigenvalue weighted by Crippen LogP contribution is -2.06. The van der Waals surface area contributed by atoms with Crippen molar-refractivity contribution in [1.29, 1.82) is 0 Å². The molecule has 90 valence electrons. The summed E-state index contributed by atoms with van der Waals surface area (Å²) in [6, 6.07) is 8.08. The molecule has 0 spiro atoms. The lowest BCUT2D eigenvalue weighted by atomic mass is 10.1. The van der Waals surface area contributed by atoms with Crippen LogP contribution in [0.4, 0.5) is 0 Å². The maximum absolute atomic E-state index is 5.73. The number of benzene rings is 1. The molecule has 0 saturated carbocycles. The van der Waals surface area contributed by atoms with Crippen molar-refractivity contribution in [2.45, 2.75) is 19.3 Å². The molecule has 2 N–H and O–H groups in total. The predicted molar refractivity (Wildman–Crippen MR) is 65.8 cm³/mol. The van der Waals surface area contributed by atoms with Crippen molar-refractivity contribution in [1.82, 2.24) is 0 Å². The largest absolute Gasteiger partial charge is 0.493 e. The van der Waals surface area contributed by atoms with Gasteiger partial charge in [0.05, 0.1) is 6.61 Å². The molecule has 0 aliphatic heterocycles. The van der Waals surface area contributed by atoms with Crippen LogP contribution in [0.2, 0.25) is 0 Å². The summed E-state index contributed by atoms with van der Waals surface area (Å²) in [5.41, 5.74) is 6.74. The molecule has 0 amide bonds. The van der Waals surface area contributed by atoms with Gasteiger partial charge in [0, 0.05) is 13.7 Å². The van der Waals surface area contributed by atoms with Crippen LogP contribution in [0.25, 0.3) is 0 Å². The average molecular weight is 223 g/mol. The van der Waals surface area contributed by atoms with Gasteiger partial charge in [0.25, 0.3) is 0 Å². The van der Waals surface area contributed by atoms with Gasteiger partial charge in [-0.2, -0.15) is 0 Å². The summed E-state index contributed by atoms with van der Waals surface area (Å²) in [5, 5.41) is 0. The van der Waals surface area contributed by atoms with E-state index in [1.807, 2.05) is 18.2 Å². The van der Waals surface area contributed by atoms with E-state index in [0.29, 0.717) is 6.54 Å². The van der Waals surface area contributed by atoms with Crippen molar-refractivity contribution in [3.05, 3.63) is 29.8 Å². The lowest BCUT2D eigenvalue weighted by molar-refractivity contribution is 0.184. The SMILES string of the molecule is COCCCCOc1ccccc1CCN. The fourth-order valence-corrected chi connectivity index (χ4v) is 1.54. The zero-order valence-corrected chi connectivity index (χ0v) is 9.95. The fraction of sp³-hybridized carbons (Fsp3) is 0.538. The average Bonchev–Trinajstić information content (AvgIpc) is 2.31. The van der Waals surface area contributed by atoms with Gasteiger partial charge >= 0.3 is 0 Å². The molecule has 0 radical (unpaired) electrons. The summed E-state index contributed by atoms with van der Waals surface area (Å²) in [6.45, 7) is 2.20. The highest BCUT2D eigenvalue weighted by atomic mass is 16.5. The molecule has 16 heavy (non-hydrogen) atoms. The first-order valence-electron chi connectivity index (χ1n) is 5.78. The summed E-state index contributed by atoms with van der Waals surface area (Å²) in [6.07, 6.45) is 2.93. The van der Waals surface area contributed by atoms with Crippen molar-refractivity contribution in [3.8, 4) is 5.75 Å². The van der Waals surface area contributed by atoms with Gasteiger partial charge in [-0.15, -0.1) is 0 Å². The van der Waals surface area contributed by atoms with E-state index in [0.717, 1.165) is 38.2 Å². The first kappa shape index (κ1) is 13.0. The van der Waals surface area contributed by atoms with Gasteiger partial charge in [0.1, 0.15) is 5.75 Å². The highest BCUT2D eigenvalue weighted by Gasteiger charge is 2.01. The molecule has 0 atom stereocenters. The zero-order chi connectivity index (χ0) is 11.6. The number of methoxy groups -OCH3 is 1. The highest BCUT2D eigenvalue weighted by Crippen LogP contribution is 2.18. The van der Waals surface area contributed by atoms with E-state index in [1.165, 1.54) is 5.56 Å². The Hall–Kier alpha value is -1.06. The Kier molecular flexibility index (Phi) is 6.61. The second-order valence-electron chi connectivity index (χ2n) is 3.69. The molecule has 1 aromatic carbocycles. The van der Waals surface area contributed by atoms with Crippen molar-refractivity contribution in [2.75, 3.05) is 26.9 Å². The number of hydrogen-bond donors (Lipinski definition) is 1. The Balaban J connectivity index is 2.34. The van der Waals surface area contributed by atoms with Gasteiger partial charge in [-0.05, 0) is 37.4 Å². The van der Waals surface area contributed by atoms with Crippen molar-refractivity contribution in [3.63, 3.8) is 0 Å². The van der Waals surface area contributed by atoms with Crippen LogP contribution in [-0.4, -0.2) is 26.9 Å². The predicted octanol–water partition coefficient (Wildman–Crippen LogP) is 1.99. The highest BCUT2D eigenvalue weighted by molar-refractivity contribution is 5.33. The fourth-order valence-electron chi connectivity index (χ4n) is 1.54. The molecular weight excluding hydrogens is 202 g/mol. The molecular formula is C13H21NO2. The van der Waals surface area contributed by atoms with Gasteiger partial charge in [-0.3, -0.25) is 0 Å². The lowest BCUT2D eigenvalue weighted by Gasteiger charge is -2.10. The van der Waals surface area contributed by atoms with Gasteiger partial charge < -0.3 is 15.2 Å². The van der Waals surface area contributed by atoms with Gasteiger partial charge in [0.15, 0.2) is 0 Å². The molecule has 0 saturated heterocycles. The summed E-state index contributed by atoms with van der Waals surface area (Å²) in [7, 11) is 1.72. The van der Waals surface area contributed by atoms with Crippen LogP contribution in [0, 0.1) is 0 Å². The number of ether oxygens (including phenoxy) is 2. The molecule has 1 rings (SSSR count). The van der Waals surface area contributed by atoms with Crippen molar-refractivity contribution >= 4 is 0 Å². The number of para-hydroxylation sites is 1. The van der Waals surface area contributed by atoms with E-state index in [4.69, 9.17) is 15.2 Å². The Morgan fingerprint density at radius 1 is 1.12 bits per heavy atom. The Morgan fingerprint density at radius 2 is 1.88 bits per heavy atom. The molecule has 0 heterocycles. The standard InChI is InChI=1S/C13H21NO2/c1-15-10-4-5-11-16-13-7-3-2-6-12(13)8-9-14/h2-3,6-7H,4-5,8-11,14H2,1H3. The van der Waals surface area contributed by atoms with Crippen LogP contribution >= 0.6 is 0 Å². The molecule has 3 nitrogen and oxygen atoms in total. The first-order chi connectivity index (χ1) is 7.88. The van der Waals surface area contributed by atoms with E-state index < -0.39 is 0 Å². The Morgan fingerprint density at radius 3 is 2.62 bits per heavy atom. The van der Waals surface area contributed by atoms with Gasteiger partial charge in [-0.1, -0.05) is 18.2 Å².